The maximum absolute atomic E-state index is 13.7. The van der Waals surface area contributed by atoms with Crippen LogP contribution in [0.15, 0.2) is 18.2 Å². The number of rotatable bonds is 5. The van der Waals surface area contributed by atoms with Crippen molar-refractivity contribution in [3.63, 3.8) is 0 Å². The Morgan fingerprint density at radius 2 is 1.95 bits per heavy atom. The number of pyridine rings is 1. The Balaban J connectivity index is 2.56. The molecule has 2 rings (SSSR count). The molecule has 0 aliphatic heterocycles. The van der Waals surface area contributed by atoms with Crippen LogP contribution >= 0.6 is 0 Å². The van der Waals surface area contributed by atoms with Crippen LogP contribution in [0.25, 0.3) is 10.9 Å². The fourth-order valence-corrected chi connectivity index (χ4v) is 2.20. The molecular formula is C16H21FN2. The molecule has 0 saturated heterocycles. The molecule has 2 aromatic rings. The smallest absolute Gasteiger partial charge is 0.128 e. The Morgan fingerprint density at radius 1 is 1.16 bits per heavy atom. The summed E-state index contributed by atoms with van der Waals surface area (Å²) in [7, 11) is 0. The highest BCUT2D eigenvalue weighted by atomic mass is 19.1. The number of fused-ring (bicyclic) bond motifs is 1. The van der Waals surface area contributed by atoms with Gasteiger partial charge in [-0.1, -0.05) is 20.3 Å². The Morgan fingerprint density at radius 3 is 2.63 bits per heavy atom. The number of hydrogen-bond donors (Lipinski definition) is 1. The van der Waals surface area contributed by atoms with Crippen LogP contribution < -0.4 is 5.32 Å². The van der Waals surface area contributed by atoms with Crippen LogP contribution in [0.1, 0.15) is 37.9 Å². The van der Waals surface area contributed by atoms with Crippen LogP contribution in [-0.2, 0) is 6.42 Å². The number of aryl methyl sites for hydroxylation is 2. The first-order chi connectivity index (χ1) is 9.15. The second-order valence-corrected chi connectivity index (χ2v) is 4.96. The van der Waals surface area contributed by atoms with Gasteiger partial charge in [-0.3, -0.25) is 4.98 Å². The molecule has 0 radical (unpaired) electrons. The molecule has 2 nitrogen and oxygen atoms in total. The van der Waals surface area contributed by atoms with Crippen LogP contribution in [0.3, 0.4) is 0 Å². The number of nitrogens with one attached hydrogen (secondary N) is 1. The van der Waals surface area contributed by atoms with Crippen LogP contribution in [0.2, 0.25) is 0 Å². The monoisotopic (exact) mass is 260 g/mol. The van der Waals surface area contributed by atoms with Gasteiger partial charge in [0.05, 0.1) is 5.52 Å². The minimum Gasteiger partial charge on any atom is -0.384 e. The van der Waals surface area contributed by atoms with E-state index >= 15 is 0 Å². The average Bonchev–Trinajstić information content (AvgIpc) is 2.38. The molecule has 0 aliphatic rings. The van der Waals surface area contributed by atoms with Crippen LogP contribution in [0.4, 0.5) is 10.1 Å². The number of halogens is 1. The van der Waals surface area contributed by atoms with E-state index in [-0.39, 0.29) is 5.82 Å². The molecule has 1 aromatic heterocycles. The molecule has 0 atom stereocenters. The maximum Gasteiger partial charge on any atom is 0.128 e. The number of anilines is 1. The zero-order valence-corrected chi connectivity index (χ0v) is 11.9. The Bertz CT molecular complexity index is 578. The van der Waals surface area contributed by atoms with Crippen molar-refractivity contribution in [2.45, 2.75) is 40.0 Å². The van der Waals surface area contributed by atoms with E-state index in [9.17, 15) is 4.39 Å². The molecule has 102 valence electrons. The molecular weight excluding hydrogens is 239 g/mol. The van der Waals surface area contributed by atoms with Crippen molar-refractivity contribution in [2.24, 2.45) is 0 Å². The summed E-state index contributed by atoms with van der Waals surface area (Å²) in [6.07, 6.45) is 3.03. The Kier molecular flexibility index (Phi) is 4.35. The van der Waals surface area contributed by atoms with E-state index in [2.05, 4.69) is 30.2 Å². The highest BCUT2D eigenvalue weighted by molar-refractivity contribution is 5.92. The van der Waals surface area contributed by atoms with Gasteiger partial charge in [0.25, 0.3) is 0 Å². The molecule has 1 N–H and O–H groups in total. The van der Waals surface area contributed by atoms with Gasteiger partial charge in [0, 0.05) is 29.4 Å². The minimum atomic E-state index is -0.185. The third kappa shape index (κ3) is 3.03. The highest BCUT2D eigenvalue weighted by Crippen LogP contribution is 2.26. The van der Waals surface area contributed by atoms with Crippen molar-refractivity contribution < 1.29 is 4.39 Å². The third-order valence-corrected chi connectivity index (χ3v) is 3.21. The molecule has 0 amide bonds. The van der Waals surface area contributed by atoms with E-state index in [1.165, 1.54) is 0 Å². The summed E-state index contributed by atoms with van der Waals surface area (Å²) in [5.41, 5.74) is 3.50. The summed E-state index contributed by atoms with van der Waals surface area (Å²) in [5, 5.41) is 4.43. The van der Waals surface area contributed by atoms with Crippen molar-refractivity contribution in [3.05, 3.63) is 35.3 Å². The van der Waals surface area contributed by atoms with E-state index in [1.807, 2.05) is 6.07 Å². The number of benzene rings is 1. The molecule has 0 saturated carbocycles. The summed E-state index contributed by atoms with van der Waals surface area (Å²) >= 11 is 0. The fraction of sp³-hybridized carbons (Fsp3) is 0.438. The summed E-state index contributed by atoms with van der Waals surface area (Å²) in [6.45, 7) is 6.97. The lowest BCUT2D eigenvalue weighted by atomic mass is 10.1. The highest BCUT2D eigenvalue weighted by Gasteiger charge is 2.08. The van der Waals surface area contributed by atoms with Gasteiger partial charge in [-0.2, -0.15) is 0 Å². The molecule has 0 fully saturated rings. The standard InChI is InChI=1S/C16H21FN2/c1-4-6-12-9-15(18-7-5-2)13-8-11(3)14(17)10-16(13)19-12/h8-10H,4-7H2,1-3H3,(H,18,19). The lowest BCUT2D eigenvalue weighted by Gasteiger charge is -2.12. The van der Waals surface area contributed by atoms with Gasteiger partial charge < -0.3 is 5.32 Å². The second-order valence-electron chi connectivity index (χ2n) is 4.96. The van der Waals surface area contributed by atoms with Crippen molar-refractivity contribution in [2.75, 3.05) is 11.9 Å². The van der Waals surface area contributed by atoms with E-state index in [0.717, 1.165) is 48.1 Å². The first-order valence-corrected chi connectivity index (χ1v) is 6.99. The molecule has 1 aromatic carbocycles. The lowest BCUT2D eigenvalue weighted by Crippen LogP contribution is -2.03. The SMILES string of the molecule is CCCNc1cc(CCC)nc2cc(F)c(C)cc12. The normalized spacial score (nSPS) is 10.9. The number of hydrogen-bond acceptors (Lipinski definition) is 2. The molecule has 0 bridgehead atoms. The molecule has 0 aliphatic carbocycles. The van der Waals surface area contributed by atoms with Crippen LogP contribution in [0, 0.1) is 12.7 Å². The van der Waals surface area contributed by atoms with Crippen molar-refractivity contribution >= 4 is 16.6 Å². The third-order valence-electron chi connectivity index (χ3n) is 3.21. The first kappa shape index (κ1) is 13.8. The Labute approximate surface area is 114 Å². The zero-order valence-electron chi connectivity index (χ0n) is 11.9. The zero-order chi connectivity index (χ0) is 13.8. The predicted molar refractivity (Wildman–Crippen MR) is 79.2 cm³/mol. The molecule has 19 heavy (non-hydrogen) atoms. The molecule has 0 spiro atoms. The van der Waals surface area contributed by atoms with Crippen LogP contribution in [0.5, 0.6) is 0 Å². The molecule has 1 heterocycles. The predicted octanol–water partition coefficient (Wildman–Crippen LogP) is 4.46. The van der Waals surface area contributed by atoms with E-state index in [4.69, 9.17) is 0 Å². The van der Waals surface area contributed by atoms with Gasteiger partial charge in [0.2, 0.25) is 0 Å². The van der Waals surface area contributed by atoms with Gasteiger partial charge >= 0.3 is 0 Å². The van der Waals surface area contributed by atoms with Gasteiger partial charge in [-0.05, 0) is 37.5 Å². The van der Waals surface area contributed by atoms with Crippen molar-refractivity contribution in [1.29, 1.82) is 0 Å². The van der Waals surface area contributed by atoms with Gasteiger partial charge in [-0.25, -0.2) is 4.39 Å². The summed E-state index contributed by atoms with van der Waals surface area (Å²) < 4.78 is 13.7. The quantitative estimate of drug-likeness (QED) is 0.858. The van der Waals surface area contributed by atoms with Crippen molar-refractivity contribution in [3.8, 4) is 0 Å². The van der Waals surface area contributed by atoms with E-state index < -0.39 is 0 Å². The second kappa shape index (κ2) is 6.00. The lowest BCUT2D eigenvalue weighted by molar-refractivity contribution is 0.620. The largest absolute Gasteiger partial charge is 0.384 e. The van der Waals surface area contributed by atoms with Gasteiger partial charge in [-0.15, -0.1) is 0 Å². The number of aromatic nitrogens is 1. The fourth-order valence-electron chi connectivity index (χ4n) is 2.20. The summed E-state index contributed by atoms with van der Waals surface area (Å²) in [4.78, 5) is 4.56. The topological polar surface area (TPSA) is 24.9 Å². The van der Waals surface area contributed by atoms with Gasteiger partial charge in [0.15, 0.2) is 0 Å². The summed E-state index contributed by atoms with van der Waals surface area (Å²) in [5.74, 6) is -0.185. The maximum atomic E-state index is 13.7. The number of nitrogens with zero attached hydrogens (tertiary/aromatic N) is 1. The first-order valence-electron chi connectivity index (χ1n) is 6.99. The van der Waals surface area contributed by atoms with Crippen molar-refractivity contribution in [1.82, 2.24) is 4.98 Å². The Hall–Kier alpha value is -1.64. The summed E-state index contributed by atoms with van der Waals surface area (Å²) in [6, 6.07) is 5.52. The van der Waals surface area contributed by atoms with Gasteiger partial charge in [0.1, 0.15) is 5.82 Å². The minimum absolute atomic E-state index is 0.185. The molecule has 3 heteroatoms. The average molecular weight is 260 g/mol. The van der Waals surface area contributed by atoms with E-state index in [1.54, 1.807) is 13.0 Å². The van der Waals surface area contributed by atoms with Crippen LogP contribution in [-0.4, -0.2) is 11.5 Å². The molecule has 0 unspecified atom stereocenters. The van der Waals surface area contributed by atoms with E-state index in [0.29, 0.717) is 5.56 Å².